The Morgan fingerprint density at radius 2 is 1.93 bits per heavy atom. The number of pyridine rings is 1. The summed E-state index contributed by atoms with van der Waals surface area (Å²) in [6, 6.07) is 6.20. The molecule has 0 N–H and O–H groups in total. The molecule has 0 spiro atoms. The Morgan fingerprint density at radius 3 is 2.70 bits per heavy atom. The van der Waals surface area contributed by atoms with Crippen molar-refractivity contribution in [3.05, 3.63) is 35.6 Å². The van der Waals surface area contributed by atoms with Crippen molar-refractivity contribution in [2.75, 3.05) is 61.1 Å². The predicted octanol–water partition coefficient (Wildman–Crippen LogP) is 2.47. The normalized spacial score (nSPS) is 20.6. The van der Waals surface area contributed by atoms with Crippen LogP contribution < -0.4 is 14.7 Å². The number of anilines is 3. The molecule has 144 valence electrons. The largest absolute Gasteiger partial charge is 0.378 e. The van der Waals surface area contributed by atoms with Gasteiger partial charge in [-0.05, 0) is 31.0 Å². The maximum atomic E-state index is 5.97. The van der Waals surface area contributed by atoms with Crippen LogP contribution in [0.25, 0.3) is 0 Å². The number of piperidine rings is 1. The summed E-state index contributed by atoms with van der Waals surface area (Å²) in [5.41, 5.74) is 0. The summed E-state index contributed by atoms with van der Waals surface area (Å²) in [6.45, 7) is 5.16. The van der Waals surface area contributed by atoms with E-state index in [-0.39, 0.29) is 0 Å². The van der Waals surface area contributed by atoms with Crippen LogP contribution in [0.3, 0.4) is 0 Å². The number of hydrogen-bond donors (Lipinski definition) is 0. The van der Waals surface area contributed by atoms with Gasteiger partial charge in [0.1, 0.15) is 11.6 Å². The van der Waals surface area contributed by atoms with Crippen molar-refractivity contribution in [1.29, 1.82) is 0 Å². The van der Waals surface area contributed by atoms with E-state index in [4.69, 9.17) is 21.3 Å². The topological polar surface area (TPSA) is 57.6 Å². The summed E-state index contributed by atoms with van der Waals surface area (Å²) < 4.78 is 5.44. The molecule has 4 rings (SSSR count). The van der Waals surface area contributed by atoms with E-state index in [0.29, 0.717) is 11.1 Å². The van der Waals surface area contributed by atoms with Crippen LogP contribution >= 0.6 is 11.6 Å². The molecule has 1 atom stereocenters. The lowest BCUT2D eigenvalue weighted by molar-refractivity contribution is 0.122. The third kappa shape index (κ3) is 4.25. The zero-order chi connectivity index (χ0) is 18.6. The van der Waals surface area contributed by atoms with Gasteiger partial charge in [0.25, 0.3) is 0 Å². The molecular weight excluding hydrogens is 364 g/mol. The Labute approximate surface area is 164 Å². The third-order valence-electron chi connectivity index (χ3n) is 5.26. The molecule has 2 fully saturated rings. The van der Waals surface area contributed by atoms with Crippen molar-refractivity contribution in [3.63, 3.8) is 0 Å². The van der Waals surface area contributed by atoms with Crippen LogP contribution in [-0.2, 0) is 4.74 Å². The molecule has 2 aliphatic heterocycles. The van der Waals surface area contributed by atoms with Crippen LogP contribution in [-0.4, -0.2) is 67.4 Å². The van der Waals surface area contributed by atoms with Gasteiger partial charge in [0.15, 0.2) is 0 Å². The van der Waals surface area contributed by atoms with Gasteiger partial charge in [-0.3, -0.25) is 0 Å². The van der Waals surface area contributed by atoms with Crippen molar-refractivity contribution in [2.24, 2.45) is 0 Å². The van der Waals surface area contributed by atoms with Gasteiger partial charge in [0.2, 0.25) is 5.95 Å². The van der Waals surface area contributed by atoms with Crippen LogP contribution in [0.4, 0.5) is 17.6 Å². The maximum absolute atomic E-state index is 5.97. The van der Waals surface area contributed by atoms with Gasteiger partial charge >= 0.3 is 0 Å². The number of likely N-dealkylation sites (N-methyl/N-ethyl adjacent to an activating group) is 1. The summed E-state index contributed by atoms with van der Waals surface area (Å²) >= 11 is 5.97. The third-order valence-corrected chi connectivity index (χ3v) is 5.48. The Bertz CT molecular complexity index is 752. The van der Waals surface area contributed by atoms with E-state index >= 15 is 0 Å². The highest BCUT2D eigenvalue weighted by molar-refractivity contribution is 6.30. The predicted molar refractivity (Wildman–Crippen MR) is 108 cm³/mol. The number of aromatic nitrogens is 3. The molecule has 0 radical (unpaired) electrons. The molecule has 2 saturated heterocycles. The number of hydrogen-bond acceptors (Lipinski definition) is 7. The second-order valence-corrected chi connectivity index (χ2v) is 7.44. The molecule has 7 nitrogen and oxygen atoms in total. The van der Waals surface area contributed by atoms with Gasteiger partial charge in [-0.15, -0.1) is 0 Å². The highest BCUT2D eigenvalue weighted by atomic mass is 35.5. The lowest BCUT2D eigenvalue weighted by Gasteiger charge is -2.38. The molecule has 0 aromatic carbocycles. The zero-order valence-corrected chi connectivity index (χ0v) is 16.3. The van der Waals surface area contributed by atoms with Crippen molar-refractivity contribution in [2.45, 2.75) is 18.9 Å². The molecule has 0 aliphatic carbocycles. The van der Waals surface area contributed by atoms with Gasteiger partial charge in [-0.1, -0.05) is 11.6 Å². The van der Waals surface area contributed by atoms with Crippen LogP contribution in [0.1, 0.15) is 12.8 Å². The molecule has 27 heavy (non-hydrogen) atoms. The molecule has 0 bridgehead atoms. The standard InChI is InChI=1S/C19H25ClN6O/c1-24(19-21-7-6-18(23-19)25-9-11-27-12-10-25)16-3-2-8-26(14-16)17-5-4-15(20)13-22-17/h4-7,13,16H,2-3,8-12,14H2,1H3. The molecule has 2 aromatic heterocycles. The van der Waals surface area contributed by atoms with Crippen LogP contribution in [0.15, 0.2) is 30.6 Å². The van der Waals surface area contributed by atoms with E-state index < -0.39 is 0 Å². The minimum atomic E-state index is 0.344. The van der Waals surface area contributed by atoms with E-state index in [2.05, 4.69) is 31.7 Å². The number of nitrogens with zero attached hydrogens (tertiary/aromatic N) is 6. The summed E-state index contributed by atoms with van der Waals surface area (Å²) in [5.74, 6) is 2.72. The molecule has 0 amide bonds. The highest BCUT2D eigenvalue weighted by Crippen LogP contribution is 2.24. The van der Waals surface area contributed by atoms with Gasteiger partial charge < -0.3 is 19.4 Å². The first-order chi connectivity index (χ1) is 13.2. The number of ether oxygens (including phenoxy) is 1. The average molecular weight is 389 g/mol. The summed E-state index contributed by atoms with van der Waals surface area (Å²) in [7, 11) is 2.09. The number of morpholine rings is 1. The Balaban J connectivity index is 1.47. The first-order valence-corrected chi connectivity index (χ1v) is 9.83. The molecular formula is C19H25ClN6O. The lowest BCUT2D eigenvalue weighted by Crippen LogP contribution is -2.47. The van der Waals surface area contributed by atoms with Crippen molar-refractivity contribution in [3.8, 4) is 0 Å². The van der Waals surface area contributed by atoms with Gasteiger partial charge in [-0.25, -0.2) is 9.97 Å². The van der Waals surface area contributed by atoms with Gasteiger partial charge in [-0.2, -0.15) is 4.98 Å². The van der Waals surface area contributed by atoms with Crippen LogP contribution in [0, 0.1) is 0 Å². The Hall–Kier alpha value is -2.12. The average Bonchev–Trinajstić information content (AvgIpc) is 2.74. The van der Waals surface area contributed by atoms with Crippen LogP contribution in [0.2, 0.25) is 5.02 Å². The molecule has 2 aliphatic rings. The summed E-state index contributed by atoms with van der Waals surface area (Å²) in [4.78, 5) is 20.6. The molecule has 0 saturated carbocycles. The van der Waals surface area contributed by atoms with Crippen molar-refractivity contribution < 1.29 is 4.74 Å². The van der Waals surface area contributed by atoms with E-state index in [0.717, 1.165) is 69.8 Å². The second-order valence-electron chi connectivity index (χ2n) is 7.00. The Morgan fingerprint density at radius 1 is 1.07 bits per heavy atom. The zero-order valence-electron chi connectivity index (χ0n) is 15.6. The van der Waals surface area contributed by atoms with Crippen LogP contribution in [0.5, 0.6) is 0 Å². The summed E-state index contributed by atoms with van der Waals surface area (Å²) in [6.07, 6.45) is 5.79. The first kappa shape index (κ1) is 18.3. The van der Waals surface area contributed by atoms with Gasteiger partial charge in [0.05, 0.1) is 18.2 Å². The lowest BCUT2D eigenvalue weighted by atomic mass is 10.0. The number of rotatable bonds is 4. The number of halogens is 1. The second kappa shape index (κ2) is 8.27. The fraction of sp³-hybridized carbons (Fsp3) is 0.526. The maximum Gasteiger partial charge on any atom is 0.227 e. The smallest absolute Gasteiger partial charge is 0.227 e. The minimum absolute atomic E-state index is 0.344. The minimum Gasteiger partial charge on any atom is -0.378 e. The fourth-order valence-electron chi connectivity index (χ4n) is 3.68. The quantitative estimate of drug-likeness (QED) is 0.797. The fourth-order valence-corrected chi connectivity index (χ4v) is 3.79. The monoisotopic (exact) mass is 388 g/mol. The van der Waals surface area contributed by atoms with Crippen molar-refractivity contribution >= 4 is 29.2 Å². The van der Waals surface area contributed by atoms with E-state index in [9.17, 15) is 0 Å². The Kier molecular flexibility index (Phi) is 5.59. The molecule has 2 aromatic rings. The summed E-state index contributed by atoms with van der Waals surface area (Å²) in [5, 5.41) is 0.665. The van der Waals surface area contributed by atoms with Gasteiger partial charge in [0, 0.05) is 51.7 Å². The van der Waals surface area contributed by atoms with E-state index in [1.807, 2.05) is 24.4 Å². The van der Waals surface area contributed by atoms with Crippen molar-refractivity contribution in [1.82, 2.24) is 15.0 Å². The SMILES string of the molecule is CN(c1nccc(N2CCOCC2)n1)C1CCCN(c2ccc(Cl)cn2)C1. The molecule has 1 unspecified atom stereocenters. The van der Waals surface area contributed by atoms with E-state index in [1.165, 1.54) is 0 Å². The first-order valence-electron chi connectivity index (χ1n) is 9.46. The molecule has 8 heteroatoms. The van der Waals surface area contributed by atoms with E-state index in [1.54, 1.807) is 6.20 Å². The highest BCUT2D eigenvalue weighted by Gasteiger charge is 2.26. The molecule has 4 heterocycles.